The Hall–Kier alpha value is -1.04. The van der Waals surface area contributed by atoms with Gasteiger partial charge in [-0.05, 0) is 35.9 Å². The molecule has 112 valence electrons. The number of methoxy groups -OCH3 is 1. The van der Waals surface area contributed by atoms with Crippen molar-refractivity contribution in [1.82, 2.24) is 0 Å². The maximum atomic E-state index is 11.5. The van der Waals surface area contributed by atoms with Crippen LogP contribution in [0, 0.1) is 0 Å². The van der Waals surface area contributed by atoms with Crippen LogP contribution < -0.4 is 4.74 Å². The lowest BCUT2D eigenvalue weighted by Gasteiger charge is -2.15. The minimum absolute atomic E-state index is 0.139. The monoisotopic (exact) mass is 388 g/mol. The summed E-state index contributed by atoms with van der Waals surface area (Å²) in [5.41, 5.74) is 1.81. The molecule has 21 heavy (non-hydrogen) atoms. The van der Waals surface area contributed by atoms with Crippen LogP contribution in [0.25, 0.3) is 0 Å². The summed E-state index contributed by atoms with van der Waals surface area (Å²) in [6.07, 6.45) is 1.19. The summed E-state index contributed by atoms with van der Waals surface area (Å²) in [6, 6.07) is 12.1. The van der Waals surface area contributed by atoms with E-state index in [1.165, 1.54) is 6.26 Å². The second-order valence-corrected chi connectivity index (χ2v) is 7.96. The van der Waals surface area contributed by atoms with E-state index in [2.05, 4.69) is 15.9 Å². The standard InChI is InChI=1S/C15H14BrClO3S/c1-20-14-8-5-11(17)9-13(14)15(16)10-3-6-12(7-4-10)21(2,18)19/h3-9,15H,1-2H3. The molecule has 0 aliphatic rings. The van der Waals surface area contributed by atoms with E-state index in [0.717, 1.165) is 11.1 Å². The molecule has 0 heterocycles. The van der Waals surface area contributed by atoms with Crippen molar-refractivity contribution in [1.29, 1.82) is 0 Å². The second kappa shape index (κ2) is 6.38. The van der Waals surface area contributed by atoms with Gasteiger partial charge >= 0.3 is 0 Å². The highest BCUT2D eigenvalue weighted by atomic mass is 79.9. The molecule has 2 rings (SSSR count). The van der Waals surface area contributed by atoms with Gasteiger partial charge in [0.05, 0.1) is 16.8 Å². The fourth-order valence-corrected chi connectivity index (χ4v) is 3.44. The second-order valence-electron chi connectivity index (χ2n) is 4.59. The van der Waals surface area contributed by atoms with Crippen molar-refractivity contribution in [3.63, 3.8) is 0 Å². The van der Waals surface area contributed by atoms with Crippen LogP contribution >= 0.6 is 27.5 Å². The van der Waals surface area contributed by atoms with E-state index in [1.54, 1.807) is 43.5 Å². The molecule has 0 amide bonds. The number of halogens is 2. The molecule has 1 unspecified atom stereocenters. The van der Waals surface area contributed by atoms with Gasteiger partial charge in [0.2, 0.25) is 0 Å². The van der Waals surface area contributed by atoms with E-state index in [0.29, 0.717) is 15.7 Å². The van der Waals surface area contributed by atoms with Crippen molar-refractivity contribution in [2.75, 3.05) is 13.4 Å². The highest BCUT2D eigenvalue weighted by Gasteiger charge is 2.17. The van der Waals surface area contributed by atoms with E-state index >= 15 is 0 Å². The first-order valence-electron chi connectivity index (χ1n) is 6.10. The molecule has 0 aliphatic carbocycles. The van der Waals surface area contributed by atoms with E-state index in [4.69, 9.17) is 16.3 Å². The van der Waals surface area contributed by atoms with Crippen molar-refractivity contribution in [3.8, 4) is 5.75 Å². The third-order valence-corrected chi connectivity index (χ3v) is 5.45. The Balaban J connectivity index is 2.40. The van der Waals surface area contributed by atoms with Gasteiger partial charge in [0, 0.05) is 16.8 Å². The number of benzene rings is 2. The van der Waals surface area contributed by atoms with Crippen LogP contribution in [-0.4, -0.2) is 21.8 Å². The average Bonchev–Trinajstić information content (AvgIpc) is 2.45. The molecule has 3 nitrogen and oxygen atoms in total. The Labute approximate surface area is 137 Å². The summed E-state index contributed by atoms with van der Waals surface area (Å²) >= 11 is 9.64. The Morgan fingerprint density at radius 3 is 2.29 bits per heavy atom. The summed E-state index contributed by atoms with van der Waals surface area (Å²) in [4.78, 5) is 0.156. The summed E-state index contributed by atoms with van der Waals surface area (Å²) in [5.74, 6) is 0.716. The maximum Gasteiger partial charge on any atom is 0.175 e. The van der Waals surface area contributed by atoms with E-state index < -0.39 is 9.84 Å². The maximum absolute atomic E-state index is 11.5. The van der Waals surface area contributed by atoms with Crippen molar-refractivity contribution in [2.24, 2.45) is 0 Å². The zero-order valence-electron chi connectivity index (χ0n) is 11.5. The van der Waals surface area contributed by atoms with Crippen LogP contribution in [0.4, 0.5) is 0 Å². The molecule has 1 atom stereocenters. The van der Waals surface area contributed by atoms with Crippen LogP contribution in [0.3, 0.4) is 0 Å². The summed E-state index contributed by atoms with van der Waals surface area (Å²) in [7, 11) is -1.59. The molecule has 0 aromatic heterocycles. The Morgan fingerprint density at radius 1 is 1.14 bits per heavy atom. The first kappa shape index (κ1) is 16.3. The Morgan fingerprint density at radius 2 is 1.76 bits per heavy atom. The Kier molecular flexibility index (Phi) is 4.96. The molecule has 0 saturated carbocycles. The number of hydrogen-bond donors (Lipinski definition) is 0. The summed E-state index contributed by atoms with van der Waals surface area (Å²) < 4.78 is 28.3. The highest BCUT2D eigenvalue weighted by Crippen LogP contribution is 2.38. The largest absolute Gasteiger partial charge is 0.496 e. The number of alkyl halides is 1. The van der Waals surface area contributed by atoms with Gasteiger partial charge in [0.15, 0.2) is 9.84 Å². The fourth-order valence-electron chi connectivity index (χ4n) is 1.97. The lowest BCUT2D eigenvalue weighted by molar-refractivity contribution is 0.410. The molecular formula is C15H14BrClO3S. The molecule has 2 aromatic carbocycles. The van der Waals surface area contributed by atoms with Crippen molar-refractivity contribution >= 4 is 37.4 Å². The highest BCUT2D eigenvalue weighted by molar-refractivity contribution is 9.09. The van der Waals surface area contributed by atoms with Crippen molar-refractivity contribution in [3.05, 3.63) is 58.6 Å². The molecule has 6 heteroatoms. The number of hydrogen-bond acceptors (Lipinski definition) is 3. The normalized spacial score (nSPS) is 13.0. The molecule has 0 spiro atoms. The van der Waals surface area contributed by atoms with Crippen LogP contribution in [0.5, 0.6) is 5.75 Å². The van der Waals surface area contributed by atoms with Crippen LogP contribution in [0.1, 0.15) is 16.0 Å². The molecular weight excluding hydrogens is 376 g/mol. The SMILES string of the molecule is COc1ccc(Cl)cc1C(Br)c1ccc(S(C)(=O)=O)cc1. The van der Waals surface area contributed by atoms with Gasteiger partial charge in [-0.1, -0.05) is 39.7 Å². The lowest BCUT2D eigenvalue weighted by atomic mass is 10.0. The smallest absolute Gasteiger partial charge is 0.175 e. The van der Waals surface area contributed by atoms with Crippen molar-refractivity contribution < 1.29 is 13.2 Å². The summed E-state index contributed by atoms with van der Waals surface area (Å²) in [5, 5.41) is 0.614. The van der Waals surface area contributed by atoms with Gasteiger partial charge in [-0.2, -0.15) is 0 Å². The van der Waals surface area contributed by atoms with Crippen LogP contribution in [0.2, 0.25) is 5.02 Å². The van der Waals surface area contributed by atoms with Gasteiger partial charge in [-0.15, -0.1) is 0 Å². The predicted molar refractivity (Wildman–Crippen MR) is 88.3 cm³/mol. The third-order valence-electron chi connectivity index (χ3n) is 3.07. The number of ether oxygens (including phenoxy) is 1. The zero-order chi connectivity index (χ0) is 15.6. The topological polar surface area (TPSA) is 43.4 Å². The lowest BCUT2D eigenvalue weighted by Crippen LogP contribution is -2.00. The van der Waals surface area contributed by atoms with E-state index in [-0.39, 0.29) is 4.83 Å². The molecule has 0 bridgehead atoms. The molecule has 2 aromatic rings. The van der Waals surface area contributed by atoms with Crippen LogP contribution in [0.15, 0.2) is 47.4 Å². The van der Waals surface area contributed by atoms with Crippen molar-refractivity contribution in [2.45, 2.75) is 9.72 Å². The molecule has 0 aliphatic heterocycles. The third kappa shape index (κ3) is 3.78. The fraction of sp³-hybridized carbons (Fsp3) is 0.200. The first-order valence-corrected chi connectivity index (χ1v) is 9.29. The van der Waals surface area contributed by atoms with Crippen LogP contribution in [-0.2, 0) is 9.84 Å². The zero-order valence-corrected chi connectivity index (χ0v) is 14.7. The van der Waals surface area contributed by atoms with E-state index in [9.17, 15) is 8.42 Å². The predicted octanol–water partition coefficient (Wildman–Crippen LogP) is 4.24. The Bertz CT molecular complexity index is 742. The van der Waals surface area contributed by atoms with Gasteiger partial charge in [-0.25, -0.2) is 8.42 Å². The van der Waals surface area contributed by atoms with Gasteiger partial charge in [-0.3, -0.25) is 0 Å². The molecule has 0 radical (unpaired) electrons. The quantitative estimate of drug-likeness (QED) is 0.735. The average molecular weight is 390 g/mol. The van der Waals surface area contributed by atoms with Gasteiger partial charge < -0.3 is 4.74 Å². The van der Waals surface area contributed by atoms with Gasteiger partial charge in [0.25, 0.3) is 0 Å². The first-order chi connectivity index (χ1) is 9.82. The van der Waals surface area contributed by atoms with E-state index in [1.807, 2.05) is 6.07 Å². The molecule has 0 N–H and O–H groups in total. The van der Waals surface area contributed by atoms with Gasteiger partial charge in [0.1, 0.15) is 5.75 Å². The molecule has 0 fully saturated rings. The molecule has 0 saturated heterocycles. The minimum Gasteiger partial charge on any atom is -0.496 e. The summed E-state index contributed by atoms with van der Waals surface area (Å²) in [6.45, 7) is 0. The number of sulfone groups is 1. The minimum atomic E-state index is -3.19. The number of rotatable bonds is 4.